The molecule has 3 aliphatic heterocycles. The van der Waals surface area contributed by atoms with E-state index in [2.05, 4.69) is 12.2 Å². The molecule has 3 heterocycles. The molecule has 3 saturated heterocycles. The highest BCUT2D eigenvalue weighted by Gasteiger charge is 2.65. The van der Waals surface area contributed by atoms with Crippen molar-refractivity contribution in [2.75, 3.05) is 7.11 Å². The number of hydroxylamine groups is 2. The molecule has 68 heavy (non-hydrogen) atoms. The number of ketones is 1. The van der Waals surface area contributed by atoms with Gasteiger partial charge in [-0.05, 0) is 80.9 Å². The number of aldehydes is 1. The van der Waals surface area contributed by atoms with Crippen molar-refractivity contribution in [1.82, 2.24) is 5.32 Å². The lowest BCUT2D eigenvalue weighted by Gasteiger charge is -2.57. The summed E-state index contributed by atoms with van der Waals surface area (Å²) in [4.78, 5) is 66.4. The summed E-state index contributed by atoms with van der Waals surface area (Å²) in [5, 5.41) is 60.3. The summed E-state index contributed by atoms with van der Waals surface area (Å²) in [6.07, 6.45) is 1.58. The molecule has 4 aliphatic carbocycles. The Morgan fingerprint density at radius 3 is 2.28 bits per heavy atom. The summed E-state index contributed by atoms with van der Waals surface area (Å²) in [5.41, 5.74) is -5.25. The molecule has 0 aromatic heterocycles. The van der Waals surface area contributed by atoms with Gasteiger partial charge in [-0.15, -0.1) is 0 Å². The van der Waals surface area contributed by atoms with Gasteiger partial charge in [0.25, 0.3) is 0 Å². The molecule has 0 aromatic carbocycles. The van der Waals surface area contributed by atoms with Crippen LogP contribution in [0.5, 0.6) is 0 Å². The van der Waals surface area contributed by atoms with E-state index < -0.39 is 154 Å². The van der Waals surface area contributed by atoms with Crippen LogP contribution in [-0.2, 0) is 52.3 Å². The Morgan fingerprint density at radius 2 is 1.63 bits per heavy atom. The minimum absolute atomic E-state index is 0.0161. The van der Waals surface area contributed by atoms with E-state index >= 15 is 4.79 Å². The number of allylic oxidation sites excluding steroid dienone is 3. The molecule has 1 saturated carbocycles. The minimum Gasteiger partial charge on any atom is -0.600 e. The summed E-state index contributed by atoms with van der Waals surface area (Å²) in [5.74, 6) is -6.45. The van der Waals surface area contributed by atoms with E-state index in [1.807, 2.05) is 39.0 Å². The third-order valence-corrected chi connectivity index (χ3v) is 16.1. The second-order valence-corrected chi connectivity index (χ2v) is 20.6. The first-order chi connectivity index (χ1) is 31.9. The van der Waals surface area contributed by atoms with Crippen molar-refractivity contribution in [1.29, 1.82) is 0 Å². The maximum Gasteiger partial charge on any atom is 0.407 e. The molecule has 19 nitrogen and oxygen atoms in total. The van der Waals surface area contributed by atoms with Crippen LogP contribution in [-0.4, -0.2) is 130 Å². The zero-order chi connectivity index (χ0) is 49.9. The third kappa shape index (κ3) is 9.02. The fraction of sp³-hybridized carbons (Fsp3) is 0.694. The summed E-state index contributed by atoms with van der Waals surface area (Å²) in [7, 11) is 1.17. The fourth-order valence-corrected chi connectivity index (χ4v) is 12.7. The number of hydrogen-bond donors (Lipinski definition) is 6. The van der Waals surface area contributed by atoms with Crippen LogP contribution in [0.3, 0.4) is 0 Å². The number of carbonyl (C=O) groups excluding carboxylic acids is 5. The Hall–Kier alpha value is -4.31. The van der Waals surface area contributed by atoms with Crippen LogP contribution in [0.2, 0.25) is 0 Å². The minimum atomic E-state index is -2.16. The van der Waals surface area contributed by atoms with Gasteiger partial charge in [0, 0.05) is 31.1 Å². The third-order valence-electron chi connectivity index (χ3n) is 16.1. The van der Waals surface area contributed by atoms with Crippen molar-refractivity contribution in [2.45, 2.75) is 160 Å². The molecule has 19 heteroatoms. The predicted molar refractivity (Wildman–Crippen MR) is 238 cm³/mol. The molecule has 6 N–H and O–H groups in total. The van der Waals surface area contributed by atoms with E-state index in [-0.39, 0.29) is 30.3 Å². The van der Waals surface area contributed by atoms with Crippen molar-refractivity contribution >= 4 is 30.1 Å². The zero-order valence-corrected chi connectivity index (χ0v) is 40.3. The Balaban J connectivity index is 1.34. The van der Waals surface area contributed by atoms with Gasteiger partial charge in [0.15, 0.2) is 23.7 Å². The van der Waals surface area contributed by atoms with Crippen LogP contribution in [0.15, 0.2) is 58.9 Å². The maximum atomic E-state index is 15.3. The van der Waals surface area contributed by atoms with Gasteiger partial charge >= 0.3 is 18.0 Å². The first-order valence-electron chi connectivity index (χ1n) is 23.6. The molecule has 0 aromatic rings. The summed E-state index contributed by atoms with van der Waals surface area (Å²) < 4.78 is 42.1. The fourth-order valence-electron chi connectivity index (χ4n) is 12.7. The number of nitrogens with one attached hydrogen (secondary N) is 2. The number of aliphatic hydroxyl groups is 3. The largest absolute Gasteiger partial charge is 0.600 e. The number of Topliss-reactive ketones (excluding diaryl/α,β-unsaturated/α-hetero) is 1. The van der Waals surface area contributed by atoms with Crippen molar-refractivity contribution in [3.8, 4) is 0 Å². The molecule has 1 amide bonds. The number of ether oxygens (including phenoxy) is 7. The smallest absolute Gasteiger partial charge is 0.407 e. The van der Waals surface area contributed by atoms with Crippen LogP contribution in [0.25, 0.3) is 0 Å². The van der Waals surface area contributed by atoms with Crippen LogP contribution in [0.4, 0.5) is 4.79 Å². The van der Waals surface area contributed by atoms with Gasteiger partial charge in [0.05, 0.1) is 50.0 Å². The van der Waals surface area contributed by atoms with E-state index in [1.165, 1.54) is 27.0 Å². The second kappa shape index (κ2) is 19.5. The summed E-state index contributed by atoms with van der Waals surface area (Å²) >= 11 is 0. The van der Waals surface area contributed by atoms with Gasteiger partial charge in [-0.2, -0.15) is 0 Å². The number of esters is 2. The number of alkyl carbamates (subject to hydrolysis) is 1. The molecule has 4 fully saturated rings. The number of hydrogen-bond acceptors (Lipinski definition) is 17. The second-order valence-electron chi connectivity index (χ2n) is 20.6. The number of fused-ring (bicyclic) bond motifs is 4. The molecule has 7 aliphatic rings. The molecular formula is C49H68N2O17. The first-order valence-corrected chi connectivity index (χ1v) is 23.6. The number of quaternary nitrogens is 1. The zero-order valence-electron chi connectivity index (χ0n) is 40.3. The van der Waals surface area contributed by atoms with Gasteiger partial charge in [0.2, 0.25) is 5.78 Å². The monoisotopic (exact) mass is 956 g/mol. The number of methoxy groups -OCH3 is 1. The highest BCUT2D eigenvalue weighted by Crippen LogP contribution is 2.61. The molecule has 2 bridgehead atoms. The van der Waals surface area contributed by atoms with Crippen molar-refractivity contribution in [3.63, 3.8) is 0 Å². The first kappa shape index (κ1) is 51.5. The van der Waals surface area contributed by atoms with E-state index in [0.29, 0.717) is 18.3 Å². The topological polar surface area (TPSA) is 270 Å². The molecule has 21 unspecified atom stereocenters. The van der Waals surface area contributed by atoms with Crippen molar-refractivity contribution < 1.29 is 82.9 Å². The normalized spacial score (nSPS) is 45.4. The molecular weight excluding hydrogens is 889 g/mol. The molecule has 0 radical (unpaired) electrons. The van der Waals surface area contributed by atoms with Gasteiger partial charge in [-0.1, -0.05) is 58.1 Å². The van der Waals surface area contributed by atoms with Crippen LogP contribution >= 0.6 is 0 Å². The molecule has 21 atom stereocenters. The number of aliphatic hydroxyl groups excluding tert-OH is 3. The molecule has 1 spiro atoms. The average molecular weight is 957 g/mol. The summed E-state index contributed by atoms with van der Waals surface area (Å²) in [6, 6.07) is -1.01. The van der Waals surface area contributed by atoms with Crippen LogP contribution in [0, 0.1) is 52.0 Å². The maximum absolute atomic E-state index is 15.3. The van der Waals surface area contributed by atoms with Gasteiger partial charge in [0.1, 0.15) is 35.9 Å². The van der Waals surface area contributed by atoms with Crippen molar-refractivity contribution in [2.24, 2.45) is 46.8 Å². The number of carbonyl (C=O) groups is 5. The summed E-state index contributed by atoms with van der Waals surface area (Å²) in [6.45, 7) is 15.6. The van der Waals surface area contributed by atoms with Crippen molar-refractivity contribution in [3.05, 3.63) is 64.1 Å². The van der Waals surface area contributed by atoms with E-state index in [9.17, 15) is 44.9 Å². The predicted octanol–water partition coefficient (Wildman–Crippen LogP) is 3.01. The SMILES string of the molecule is COC(=O)NC1C(C)OC(OC2C=CC(C)C3C=CC4C(OC5CC(OC(C)=O)C(O)C(C)O5)C(C)CC(C)C4C3(C)C(O)=C3C(=O)OC4(CC(C=O)=CC(O)C4C=C2C)C3=O)CC1(C)[NH+]([O-])O. The quantitative estimate of drug-likeness (QED) is 0.0510. The van der Waals surface area contributed by atoms with Gasteiger partial charge < -0.3 is 59.0 Å². The average Bonchev–Trinajstić information content (AvgIpc) is 3.51. The van der Waals surface area contributed by atoms with E-state index in [0.717, 1.165) is 0 Å². The lowest BCUT2D eigenvalue weighted by atomic mass is 9.48. The molecule has 7 rings (SSSR count). The highest BCUT2D eigenvalue weighted by molar-refractivity contribution is 6.26. The van der Waals surface area contributed by atoms with E-state index in [4.69, 9.17) is 33.2 Å². The highest BCUT2D eigenvalue weighted by atomic mass is 16.8. The van der Waals surface area contributed by atoms with E-state index in [1.54, 1.807) is 32.9 Å². The van der Waals surface area contributed by atoms with Crippen LogP contribution in [0.1, 0.15) is 88.0 Å². The standard InChI is InChI=1S/C49H68N2O17/c1-22-11-14-34(66-37-20-47(8,51(60)61)42(27(6)64-37)50-46(59)62-10)23(2)16-32-33(54)17-29(21-52)19-49(32)44(57)38(45(58)68-49)43(56)48(9)31(22)13-12-30-39(48)24(3)15-25(4)41(30)67-36-18-35(65-28(7)53)40(55)26(5)63-36/h11-14,16-17,21-22,24-27,30-37,39-42,51,54-56,60H,15,18-20H2,1-10H3,(H,50,59). The Kier molecular flexibility index (Phi) is 14.8. The Bertz CT molecular complexity index is 2150. The lowest BCUT2D eigenvalue weighted by Crippen LogP contribution is -3.17. The Morgan fingerprint density at radius 1 is 0.941 bits per heavy atom. The lowest BCUT2D eigenvalue weighted by molar-refractivity contribution is -1.09. The molecule has 376 valence electrons. The number of amides is 1. The van der Waals surface area contributed by atoms with Gasteiger partial charge in [-0.3, -0.25) is 14.4 Å². The van der Waals surface area contributed by atoms with Crippen LogP contribution < -0.4 is 10.5 Å². The number of rotatable bonds is 8. The van der Waals surface area contributed by atoms with Gasteiger partial charge in [-0.25, -0.2) is 20.0 Å². The Labute approximate surface area is 396 Å².